The molecule has 0 aromatic carbocycles. The molecular formula is C19H29N3O3. The molecule has 2 aliphatic rings. The van der Waals surface area contributed by atoms with Gasteiger partial charge in [-0.1, -0.05) is 6.42 Å². The molecule has 2 saturated carbocycles. The summed E-state index contributed by atoms with van der Waals surface area (Å²) in [5, 5.41) is 0. The predicted molar refractivity (Wildman–Crippen MR) is 94.8 cm³/mol. The maximum atomic E-state index is 13.0. The highest BCUT2D eigenvalue weighted by Crippen LogP contribution is 2.30. The first-order valence-electron chi connectivity index (χ1n) is 9.27. The van der Waals surface area contributed by atoms with Crippen LogP contribution in [0.1, 0.15) is 37.8 Å². The molecule has 0 aliphatic heterocycles. The van der Waals surface area contributed by atoms with Crippen LogP contribution in [0.15, 0.2) is 18.3 Å². The van der Waals surface area contributed by atoms with E-state index >= 15 is 0 Å². The van der Waals surface area contributed by atoms with E-state index in [1.165, 1.54) is 0 Å². The zero-order chi connectivity index (χ0) is 17.8. The standard InChI is InChI=1S/C19H29N3O3/c1-20-10-4-7-17(20)13-22(16-8-9-16)18(23)14-21(11-12-25-2)19(24)15-5-3-6-15/h4,7,10,15-16H,3,5-6,8-9,11-14H2,1-2H3. The van der Waals surface area contributed by atoms with Crippen LogP contribution in [0.2, 0.25) is 0 Å². The lowest BCUT2D eigenvalue weighted by molar-refractivity contribution is -0.145. The lowest BCUT2D eigenvalue weighted by atomic mass is 9.84. The molecule has 0 atom stereocenters. The van der Waals surface area contributed by atoms with Crippen molar-refractivity contribution in [2.45, 2.75) is 44.7 Å². The molecule has 138 valence electrons. The van der Waals surface area contributed by atoms with E-state index in [1.807, 2.05) is 34.8 Å². The molecule has 2 fully saturated rings. The van der Waals surface area contributed by atoms with E-state index in [4.69, 9.17) is 4.74 Å². The first kappa shape index (κ1) is 18.0. The second-order valence-electron chi connectivity index (χ2n) is 7.24. The van der Waals surface area contributed by atoms with Gasteiger partial charge in [-0.3, -0.25) is 9.59 Å². The van der Waals surface area contributed by atoms with Crippen molar-refractivity contribution in [1.82, 2.24) is 14.4 Å². The van der Waals surface area contributed by atoms with Crippen LogP contribution >= 0.6 is 0 Å². The Morgan fingerprint density at radius 2 is 2.04 bits per heavy atom. The summed E-state index contributed by atoms with van der Waals surface area (Å²) in [4.78, 5) is 29.2. The third-order valence-electron chi connectivity index (χ3n) is 5.35. The van der Waals surface area contributed by atoms with Crippen molar-refractivity contribution in [1.29, 1.82) is 0 Å². The molecule has 0 saturated heterocycles. The van der Waals surface area contributed by atoms with Gasteiger partial charge in [0, 0.05) is 44.6 Å². The molecular weight excluding hydrogens is 318 g/mol. The zero-order valence-corrected chi connectivity index (χ0v) is 15.3. The van der Waals surface area contributed by atoms with Gasteiger partial charge in [-0.15, -0.1) is 0 Å². The second-order valence-corrected chi connectivity index (χ2v) is 7.24. The normalized spacial score (nSPS) is 17.2. The van der Waals surface area contributed by atoms with Crippen molar-refractivity contribution in [2.75, 3.05) is 26.8 Å². The molecule has 0 unspecified atom stereocenters. The largest absolute Gasteiger partial charge is 0.383 e. The minimum Gasteiger partial charge on any atom is -0.383 e. The van der Waals surface area contributed by atoms with Crippen molar-refractivity contribution in [3.8, 4) is 0 Å². The van der Waals surface area contributed by atoms with Gasteiger partial charge in [0.15, 0.2) is 0 Å². The van der Waals surface area contributed by atoms with Crippen LogP contribution in [-0.2, 0) is 27.9 Å². The van der Waals surface area contributed by atoms with E-state index in [1.54, 1.807) is 12.0 Å². The number of ether oxygens (including phenoxy) is 1. The maximum Gasteiger partial charge on any atom is 0.242 e. The summed E-state index contributed by atoms with van der Waals surface area (Å²) in [5.41, 5.74) is 1.12. The van der Waals surface area contributed by atoms with Crippen LogP contribution < -0.4 is 0 Å². The van der Waals surface area contributed by atoms with E-state index in [9.17, 15) is 9.59 Å². The molecule has 0 radical (unpaired) electrons. The topological polar surface area (TPSA) is 54.8 Å². The van der Waals surface area contributed by atoms with Gasteiger partial charge in [0.25, 0.3) is 0 Å². The quantitative estimate of drug-likeness (QED) is 0.684. The highest BCUT2D eigenvalue weighted by molar-refractivity contribution is 5.86. The van der Waals surface area contributed by atoms with E-state index in [0.717, 1.165) is 37.8 Å². The zero-order valence-electron chi connectivity index (χ0n) is 15.3. The Morgan fingerprint density at radius 1 is 1.28 bits per heavy atom. The van der Waals surface area contributed by atoms with Crippen molar-refractivity contribution in [2.24, 2.45) is 13.0 Å². The average molecular weight is 347 g/mol. The molecule has 2 amide bonds. The van der Waals surface area contributed by atoms with Gasteiger partial charge in [-0.25, -0.2) is 0 Å². The number of hydrogen-bond acceptors (Lipinski definition) is 3. The predicted octanol–water partition coefficient (Wildman–Crippen LogP) is 1.79. The van der Waals surface area contributed by atoms with E-state index in [-0.39, 0.29) is 24.3 Å². The molecule has 0 bridgehead atoms. The molecule has 0 spiro atoms. The Balaban J connectivity index is 1.64. The number of hydrogen-bond donors (Lipinski definition) is 0. The molecule has 25 heavy (non-hydrogen) atoms. The summed E-state index contributed by atoms with van der Waals surface area (Å²) in [7, 11) is 3.62. The number of methoxy groups -OCH3 is 1. The summed E-state index contributed by atoms with van der Waals surface area (Å²) in [6, 6.07) is 4.37. The van der Waals surface area contributed by atoms with Gasteiger partial charge in [-0.2, -0.15) is 0 Å². The van der Waals surface area contributed by atoms with Crippen LogP contribution in [0.3, 0.4) is 0 Å². The number of carbonyl (C=O) groups is 2. The van der Waals surface area contributed by atoms with Gasteiger partial charge in [-0.05, 0) is 37.8 Å². The fraction of sp³-hybridized carbons (Fsp3) is 0.684. The molecule has 2 aliphatic carbocycles. The van der Waals surface area contributed by atoms with Gasteiger partial charge >= 0.3 is 0 Å². The van der Waals surface area contributed by atoms with Crippen molar-refractivity contribution in [3.63, 3.8) is 0 Å². The number of nitrogens with zero attached hydrogens (tertiary/aromatic N) is 3. The first-order chi connectivity index (χ1) is 12.1. The van der Waals surface area contributed by atoms with E-state index < -0.39 is 0 Å². The summed E-state index contributed by atoms with van der Waals surface area (Å²) in [5.74, 6) is 0.269. The lowest BCUT2D eigenvalue weighted by Crippen LogP contribution is -2.47. The summed E-state index contributed by atoms with van der Waals surface area (Å²) in [6.07, 6.45) is 7.13. The van der Waals surface area contributed by atoms with Crippen LogP contribution in [-0.4, -0.2) is 59.0 Å². The Kier molecular flexibility index (Phi) is 5.78. The van der Waals surface area contributed by atoms with Crippen molar-refractivity contribution >= 4 is 11.8 Å². The number of aryl methyl sites for hydroxylation is 1. The number of amides is 2. The van der Waals surface area contributed by atoms with Crippen molar-refractivity contribution in [3.05, 3.63) is 24.0 Å². The highest BCUT2D eigenvalue weighted by Gasteiger charge is 2.35. The van der Waals surface area contributed by atoms with Crippen molar-refractivity contribution < 1.29 is 14.3 Å². The summed E-state index contributed by atoms with van der Waals surface area (Å²) >= 11 is 0. The van der Waals surface area contributed by atoms with Gasteiger partial charge in [0.2, 0.25) is 11.8 Å². The minimum absolute atomic E-state index is 0.0486. The molecule has 6 nitrogen and oxygen atoms in total. The third kappa shape index (κ3) is 4.42. The Labute approximate surface area is 149 Å². The Morgan fingerprint density at radius 3 is 2.56 bits per heavy atom. The summed E-state index contributed by atoms with van der Waals surface area (Å²) in [6.45, 7) is 1.73. The smallest absolute Gasteiger partial charge is 0.242 e. The first-order valence-corrected chi connectivity index (χ1v) is 9.27. The van der Waals surface area contributed by atoms with Crippen LogP contribution in [0.5, 0.6) is 0 Å². The third-order valence-corrected chi connectivity index (χ3v) is 5.35. The van der Waals surface area contributed by atoms with Crippen LogP contribution in [0.25, 0.3) is 0 Å². The summed E-state index contributed by atoms with van der Waals surface area (Å²) < 4.78 is 7.18. The fourth-order valence-corrected chi connectivity index (χ4v) is 3.28. The Bertz CT molecular complexity index is 605. The van der Waals surface area contributed by atoms with E-state index in [2.05, 4.69) is 0 Å². The second kappa shape index (κ2) is 8.04. The minimum atomic E-state index is 0.0486. The van der Waals surface area contributed by atoms with Crippen LogP contribution in [0, 0.1) is 5.92 Å². The Hall–Kier alpha value is -1.82. The number of rotatable bonds is 9. The van der Waals surface area contributed by atoms with E-state index in [0.29, 0.717) is 25.7 Å². The number of carbonyl (C=O) groups excluding carboxylic acids is 2. The lowest BCUT2D eigenvalue weighted by Gasteiger charge is -2.33. The monoisotopic (exact) mass is 347 g/mol. The van der Waals surface area contributed by atoms with Gasteiger partial charge in [0.1, 0.15) is 0 Å². The van der Waals surface area contributed by atoms with Gasteiger partial charge in [0.05, 0.1) is 19.7 Å². The molecule has 3 rings (SSSR count). The number of aromatic nitrogens is 1. The molecule has 1 heterocycles. The molecule has 1 aromatic heterocycles. The highest BCUT2D eigenvalue weighted by atomic mass is 16.5. The maximum absolute atomic E-state index is 13.0. The molecule has 0 N–H and O–H groups in total. The molecule has 6 heteroatoms. The average Bonchev–Trinajstić information content (AvgIpc) is 3.30. The fourth-order valence-electron chi connectivity index (χ4n) is 3.28. The molecule has 1 aromatic rings. The SMILES string of the molecule is COCCN(CC(=O)N(Cc1cccn1C)C1CC1)C(=O)C1CCC1. The van der Waals surface area contributed by atoms with Crippen LogP contribution in [0.4, 0.5) is 0 Å². The van der Waals surface area contributed by atoms with Gasteiger partial charge < -0.3 is 19.1 Å².